The van der Waals surface area contributed by atoms with Crippen molar-refractivity contribution >= 4 is 16.6 Å². The standard InChI is InChI=1S/C20H22N6O/c1-12-7-18(24-26-10-13(2)22-20(12)26)16-8-14-11-25(15-3-5-21-6-4-15)23-17(14)9-19(16)27/h7-11,15,21,27H,3-6H2,1-2H3. The van der Waals surface area contributed by atoms with Gasteiger partial charge in [0.25, 0.3) is 0 Å². The summed E-state index contributed by atoms with van der Waals surface area (Å²) in [6, 6.07) is 6.10. The van der Waals surface area contributed by atoms with Crippen LogP contribution in [0.5, 0.6) is 5.75 Å². The van der Waals surface area contributed by atoms with Crippen LogP contribution in [0.25, 0.3) is 27.8 Å². The van der Waals surface area contributed by atoms with E-state index in [2.05, 4.69) is 26.3 Å². The van der Waals surface area contributed by atoms with E-state index in [-0.39, 0.29) is 5.75 Å². The van der Waals surface area contributed by atoms with Crippen molar-refractivity contribution in [1.82, 2.24) is 29.7 Å². The number of phenols is 1. The van der Waals surface area contributed by atoms with Crippen LogP contribution in [0.3, 0.4) is 0 Å². The Morgan fingerprint density at radius 2 is 1.89 bits per heavy atom. The molecular weight excluding hydrogens is 340 g/mol. The Balaban J connectivity index is 1.61. The monoisotopic (exact) mass is 362 g/mol. The number of fused-ring (bicyclic) bond motifs is 2. The molecule has 0 amide bonds. The zero-order valence-corrected chi connectivity index (χ0v) is 15.5. The molecule has 2 N–H and O–H groups in total. The largest absolute Gasteiger partial charge is 0.507 e. The quantitative estimate of drug-likeness (QED) is 0.573. The summed E-state index contributed by atoms with van der Waals surface area (Å²) in [6.45, 7) is 6.00. The first-order valence-corrected chi connectivity index (χ1v) is 9.35. The van der Waals surface area contributed by atoms with Crippen molar-refractivity contribution in [1.29, 1.82) is 0 Å². The average molecular weight is 362 g/mol. The molecule has 4 heterocycles. The van der Waals surface area contributed by atoms with Crippen molar-refractivity contribution in [3.63, 3.8) is 0 Å². The lowest BCUT2D eigenvalue weighted by molar-refractivity contribution is 0.345. The van der Waals surface area contributed by atoms with E-state index >= 15 is 0 Å². The number of hydrogen-bond donors (Lipinski definition) is 2. The summed E-state index contributed by atoms with van der Waals surface area (Å²) in [5, 5.41) is 24.4. The molecular formula is C20H22N6O. The summed E-state index contributed by atoms with van der Waals surface area (Å²) >= 11 is 0. The normalized spacial score (nSPS) is 15.8. The number of aromatic hydroxyl groups is 1. The number of hydrogen-bond acceptors (Lipinski definition) is 5. The van der Waals surface area contributed by atoms with E-state index < -0.39 is 0 Å². The van der Waals surface area contributed by atoms with Gasteiger partial charge in [-0.15, -0.1) is 0 Å². The van der Waals surface area contributed by atoms with Gasteiger partial charge in [0.05, 0.1) is 29.1 Å². The number of phenolic OH excluding ortho intramolecular Hbond substituents is 1. The Kier molecular flexibility index (Phi) is 3.65. The van der Waals surface area contributed by atoms with Gasteiger partial charge >= 0.3 is 0 Å². The Bertz CT molecular complexity index is 1150. The van der Waals surface area contributed by atoms with Crippen LogP contribution in [-0.2, 0) is 0 Å². The minimum absolute atomic E-state index is 0.196. The van der Waals surface area contributed by atoms with Crippen LogP contribution in [0.1, 0.15) is 30.1 Å². The third-order valence-corrected chi connectivity index (χ3v) is 5.33. The highest BCUT2D eigenvalue weighted by atomic mass is 16.3. The van der Waals surface area contributed by atoms with Gasteiger partial charge in [-0.25, -0.2) is 9.50 Å². The van der Waals surface area contributed by atoms with Crippen LogP contribution < -0.4 is 5.32 Å². The van der Waals surface area contributed by atoms with E-state index in [9.17, 15) is 5.11 Å². The van der Waals surface area contributed by atoms with Crippen molar-refractivity contribution < 1.29 is 5.11 Å². The van der Waals surface area contributed by atoms with Gasteiger partial charge in [0, 0.05) is 23.2 Å². The van der Waals surface area contributed by atoms with Gasteiger partial charge in [-0.05, 0) is 57.5 Å². The number of aryl methyl sites for hydroxylation is 2. The van der Waals surface area contributed by atoms with E-state index in [4.69, 9.17) is 5.10 Å². The number of rotatable bonds is 2. The molecule has 0 saturated carbocycles. The third kappa shape index (κ3) is 2.75. The Morgan fingerprint density at radius 3 is 2.70 bits per heavy atom. The average Bonchev–Trinajstić information content (AvgIpc) is 3.24. The predicted molar refractivity (Wildman–Crippen MR) is 104 cm³/mol. The molecule has 1 aliphatic rings. The fraction of sp³-hybridized carbons (Fsp3) is 0.350. The second-order valence-corrected chi connectivity index (χ2v) is 7.38. The van der Waals surface area contributed by atoms with Crippen molar-refractivity contribution in [3.8, 4) is 17.0 Å². The van der Waals surface area contributed by atoms with Gasteiger partial charge in [0.2, 0.25) is 0 Å². The SMILES string of the molecule is Cc1cn2nc(-c3cc4cn(C5CCNCC5)nc4cc3O)cc(C)c2n1. The predicted octanol–water partition coefficient (Wildman–Crippen LogP) is 2.99. The van der Waals surface area contributed by atoms with Crippen LogP contribution >= 0.6 is 0 Å². The lowest BCUT2D eigenvalue weighted by Gasteiger charge is -2.22. The summed E-state index contributed by atoms with van der Waals surface area (Å²) in [7, 11) is 0. The minimum Gasteiger partial charge on any atom is -0.507 e. The van der Waals surface area contributed by atoms with E-state index in [0.717, 1.165) is 59.4 Å². The highest BCUT2D eigenvalue weighted by Gasteiger charge is 2.18. The van der Waals surface area contributed by atoms with Crippen molar-refractivity contribution in [2.45, 2.75) is 32.7 Å². The van der Waals surface area contributed by atoms with E-state index in [1.165, 1.54) is 0 Å². The maximum absolute atomic E-state index is 10.6. The molecule has 0 spiro atoms. The Hall–Kier alpha value is -2.93. The van der Waals surface area contributed by atoms with E-state index in [1.54, 1.807) is 10.6 Å². The molecule has 1 aliphatic heterocycles. The van der Waals surface area contributed by atoms with Gasteiger partial charge in [0.1, 0.15) is 5.75 Å². The number of nitrogens with one attached hydrogen (secondary N) is 1. The first kappa shape index (κ1) is 16.3. The van der Waals surface area contributed by atoms with Crippen molar-refractivity contribution in [2.75, 3.05) is 13.1 Å². The van der Waals surface area contributed by atoms with E-state index in [1.807, 2.05) is 32.2 Å². The Morgan fingerprint density at radius 1 is 1.07 bits per heavy atom. The highest BCUT2D eigenvalue weighted by Crippen LogP contribution is 2.33. The van der Waals surface area contributed by atoms with Gasteiger partial charge in [0.15, 0.2) is 5.65 Å². The summed E-state index contributed by atoms with van der Waals surface area (Å²) in [5.41, 5.74) is 5.04. The molecule has 7 nitrogen and oxygen atoms in total. The first-order valence-electron chi connectivity index (χ1n) is 9.35. The summed E-state index contributed by atoms with van der Waals surface area (Å²) in [5.74, 6) is 0.196. The van der Waals surface area contributed by atoms with Crippen LogP contribution in [0.15, 0.2) is 30.6 Å². The van der Waals surface area contributed by atoms with Gasteiger partial charge in [-0.1, -0.05) is 0 Å². The lowest BCUT2D eigenvalue weighted by Crippen LogP contribution is -2.29. The second-order valence-electron chi connectivity index (χ2n) is 7.38. The molecule has 1 fully saturated rings. The number of imidazole rings is 1. The second kappa shape index (κ2) is 6.06. The molecule has 138 valence electrons. The van der Waals surface area contributed by atoms with Crippen LogP contribution in [0.4, 0.5) is 0 Å². The fourth-order valence-corrected chi connectivity index (χ4v) is 3.92. The maximum atomic E-state index is 10.6. The number of piperidine rings is 1. The number of benzene rings is 1. The molecule has 27 heavy (non-hydrogen) atoms. The summed E-state index contributed by atoms with van der Waals surface area (Å²) < 4.78 is 3.83. The molecule has 1 aromatic carbocycles. The summed E-state index contributed by atoms with van der Waals surface area (Å²) in [6.07, 6.45) is 6.13. The molecule has 5 rings (SSSR count). The first-order chi connectivity index (χ1) is 13.1. The van der Waals surface area contributed by atoms with Gasteiger partial charge in [-0.3, -0.25) is 4.68 Å². The molecule has 4 aromatic rings. The molecule has 3 aromatic heterocycles. The molecule has 0 radical (unpaired) electrons. The highest BCUT2D eigenvalue weighted by molar-refractivity contribution is 5.87. The maximum Gasteiger partial charge on any atom is 0.156 e. The van der Waals surface area contributed by atoms with Crippen LogP contribution in [-0.4, -0.2) is 42.6 Å². The molecule has 0 atom stereocenters. The fourth-order valence-electron chi connectivity index (χ4n) is 3.92. The summed E-state index contributed by atoms with van der Waals surface area (Å²) in [4.78, 5) is 4.49. The smallest absolute Gasteiger partial charge is 0.156 e. The number of nitrogens with zero attached hydrogens (tertiary/aromatic N) is 5. The third-order valence-electron chi connectivity index (χ3n) is 5.33. The van der Waals surface area contributed by atoms with Crippen LogP contribution in [0, 0.1) is 13.8 Å². The molecule has 0 unspecified atom stereocenters. The van der Waals surface area contributed by atoms with Crippen molar-refractivity contribution in [2.24, 2.45) is 0 Å². The molecule has 0 bridgehead atoms. The lowest BCUT2D eigenvalue weighted by atomic mass is 10.1. The molecule has 1 saturated heterocycles. The zero-order chi connectivity index (χ0) is 18.5. The van der Waals surface area contributed by atoms with Crippen molar-refractivity contribution in [3.05, 3.63) is 41.9 Å². The van der Waals surface area contributed by atoms with Gasteiger partial charge in [-0.2, -0.15) is 10.2 Å². The van der Waals surface area contributed by atoms with Gasteiger partial charge < -0.3 is 10.4 Å². The van der Waals surface area contributed by atoms with Crippen LogP contribution in [0.2, 0.25) is 0 Å². The molecule has 7 heteroatoms. The topological polar surface area (TPSA) is 80.3 Å². The van der Waals surface area contributed by atoms with E-state index in [0.29, 0.717) is 11.6 Å². The Labute approximate surface area is 156 Å². The number of aromatic nitrogens is 5. The zero-order valence-electron chi connectivity index (χ0n) is 15.5. The molecule has 0 aliphatic carbocycles. The minimum atomic E-state index is 0.196.